The number of nitrogens with one attached hydrogen (secondary N) is 1. The van der Waals surface area contributed by atoms with Crippen molar-refractivity contribution in [2.24, 2.45) is 12.8 Å². The van der Waals surface area contributed by atoms with Gasteiger partial charge in [0.1, 0.15) is 0 Å². The molecule has 0 saturated heterocycles. The summed E-state index contributed by atoms with van der Waals surface area (Å²) < 4.78 is 1.59. The standard InChI is InChI=1S/C15H16N4O2/c1-19-8-11(7-17-19)15(21)18-13-5-3-9-6-10(14(16)20)2-4-12(9)13/h2,4,6-8,13H,3,5H2,1H3,(H2,16,20)(H,18,21)/t13-/m1/s1. The van der Waals surface area contributed by atoms with Crippen LogP contribution in [0.5, 0.6) is 0 Å². The molecule has 3 N–H and O–H groups in total. The lowest BCUT2D eigenvalue weighted by Gasteiger charge is -2.13. The van der Waals surface area contributed by atoms with Crippen LogP contribution in [-0.2, 0) is 13.5 Å². The molecule has 0 spiro atoms. The second-order valence-electron chi connectivity index (χ2n) is 5.25. The molecule has 0 radical (unpaired) electrons. The van der Waals surface area contributed by atoms with Crippen LogP contribution in [0.1, 0.15) is 44.3 Å². The van der Waals surface area contributed by atoms with E-state index in [4.69, 9.17) is 5.73 Å². The van der Waals surface area contributed by atoms with Crippen LogP contribution in [0.4, 0.5) is 0 Å². The fraction of sp³-hybridized carbons (Fsp3) is 0.267. The van der Waals surface area contributed by atoms with E-state index in [0.717, 1.165) is 24.0 Å². The predicted molar refractivity (Wildman–Crippen MR) is 76.7 cm³/mol. The minimum absolute atomic E-state index is 0.0327. The Morgan fingerprint density at radius 2 is 2.19 bits per heavy atom. The van der Waals surface area contributed by atoms with Crippen LogP contribution in [0, 0.1) is 0 Å². The van der Waals surface area contributed by atoms with Crippen molar-refractivity contribution in [2.45, 2.75) is 18.9 Å². The first kappa shape index (κ1) is 13.4. The molecular formula is C15H16N4O2. The van der Waals surface area contributed by atoms with Crippen molar-refractivity contribution >= 4 is 11.8 Å². The van der Waals surface area contributed by atoms with Crippen LogP contribution in [0.25, 0.3) is 0 Å². The summed E-state index contributed by atoms with van der Waals surface area (Å²) in [6, 6.07) is 5.36. The Hall–Kier alpha value is -2.63. The number of nitrogens with zero attached hydrogens (tertiary/aromatic N) is 2. The second-order valence-corrected chi connectivity index (χ2v) is 5.25. The Morgan fingerprint density at radius 1 is 1.38 bits per heavy atom. The van der Waals surface area contributed by atoms with Crippen LogP contribution in [0.2, 0.25) is 0 Å². The summed E-state index contributed by atoms with van der Waals surface area (Å²) in [5.74, 6) is -0.569. The van der Waals surface area contributed by atoms with Crippen LogP contribution >= 0.6 is 0 Å². The summed E-state index contributed by atoms with van der Waals surface area (Å²) in [7, 11) is 1.77. The summed E-state index contributed by atoms with van der Waals surface area (Å²) in [5.41, 5.74) is 8.46. The zero-order valence-corrected chi connectivity index (χ0v) is 11.7. The van der Waals surface area contributed by atoms with Crippen LogP contribution in [0.3, 0.4) is 0 Å². The molecule has 0 unspecified atom stereocenters. The number of rotatable bonds is 3. The number of fused-ring (bicyclic) bond motifs is 1. The fourth-order valence-corrected chi connectivity index (χ4v) is 2.70. The Bertz CT molecular complexity index is 720. The molecule has 1 aliphatic carbocycles. The Labute approximate surface area is 121 Å². The van der Waals surface area contributed by atoms with E-state index in [0.29, 0.717) is 11.1 Å². The lowest BCUT2D eigenvalue weighted by atomic mass is 10.0. The zero-order chi connectivity index (χ0) is 15.0. The van der Waals surface area contributed by atoms with Crippen molar-refractivity contribution in [3.05, 3.63) is 52.8 Å². The van der Waals surface area contributed by atoms with Gasteiger partial charge < -0.3 is 11.1 Å². The highest BCUT2D eigenvalue weighted by Crippen LogP contribution is 2.31. The third-order valence-electron chi connectivity index (χ3n) is 3.78. The van der Waals surface area contributed by atoms with Gasteiger partial charge in [0, 0.05) is 18.8 Å². The van der Waals surface area contributed by atoms with Gasteiger partial charge >= 0.3 is 0 Å². The molecule has 6 nitrogen and oxygen atoms in total. The lowest BCUT2D eigenvalue weighted by molar-refractivity contribution is 0.0935. The number of aryl methyl sites for hydroxylation is 2. The number of amides is 2. The number of carbonyl (C=O) groups excluding carboxylic acids is 2. The van der Waals surface area contributed by atoms with Gasteiger partial charge in [-0.2, -0.15) is 5.10 Å². The van der Waals surface area contributed by atoms with E-state index in [2.05, 4.69) is 10.4 Å². The van der Waals surface area contributed by atoms with Crippen molar-refractivity contribution in [3.63, 3.8) is 0 Å². The largest absolute Gasteiger partial charge is 0.366 e. The van der Waals surface area contributed by atoms with E-state index in [1.807, 2.05) is 12.1 Å². The Balaban J connectivity index is 1.78. The van der Waals surface area contributed by atoms with Gasteiger partial charge in [-0.05, 0) is 36.1 Å². The van der Waals surface area contributed by atoms with Crippen molar-refractivity contribution in [3.8, 4) is 0 Å². The van der Waals surface area contributed by atoms with Crippen molar-refractivity contribution in [2.75, 3.05) is 0 Å². The van der Waals surface area contributed by atoms with E-state index in [1.54, 1.807) is 30.2 Å². The molecule has 3 rings (SSSR count). The van der Waals surface area contributed by atoms with Gasteiger partial charge in [0.25, 0.3) is 5.91 Å². The monoisotopic (exact) mass is 284 g/mol. The summed E-state index contributed by atoms with van der Waals surface area (Å²) in [6.07, 6.45) is 4.88. The molecule has 21 heavy (non-hydrogen) atoms. The second kappa shape index (κ2) is 5.05. The Kier molecular flexibility index (Phi) is 3.21. The summed E-state index contributed by atoms with van der Waals surface area (Å²) in [5, 5.41) is 7.00. The van der Waals surface area contributed by atoms with E-state index in [-0.39, 0.29) is 11.9 Å². The molecule has 0 fully saturated rings. The predicted octanol–water partition coefficient (Wildman–Crippen LogP) is 0.936. The maximum absolute atomic E-state index is 12.2. The maximum atomic E-state index is 12.2. The van der Waals surface area contributed by atoms with Gasteiger partial charge in [0.2, 0.25) is 5.91 Å². The van der Waals surface area contributed by atoms with Crippen molar-refractivity contribution in [1.29, 1.82) is 0 Å². The molecule has 2 aromatic rings. The third kappa shape index (κ3) is 2.52. The van der Waals surface area contributed by atoms with E-state index in [9.17, 15) is 9.59 Å². The van der Waals surface area contributed by atoms with Gasteiger partial charge in [-0.15, -0.1) is 0 Å². The molecule has 1 aromatic heterocycles. The van der Waals surface area contributed by atoms with Gasteiger partial charge in [-0.25, -0.2) is 0 Å². The molecule has 0 saturated carbocycles. The smallest absolute Gasteiger partial charge is 0.254 e. The number of hydrogen-bond donors (Lipinski definition) is 2. The molecule has 1 aromatic carbocycles. The van der Waals surface area contributed by atoms with E-state index in [1.165, 1.54) is 0 Å². The molecule has 1 atom stereocenters. The summed E-state index contributed by atoms with van der Waals surface area (Å²) in [4.78, 5) is 23.4. The van der Waals surface area contributed by atoms with Gasteiger partial charge in [-0.3, -0.25) is 14.3 Å². The van der Waals surface area contributed by atoms with E-state index < -0.39 is 5.91 Å². The lowest BCUT2D eigenvalue weighted by Crippen LogP contribution is -2.26. The van der Waals surface area contributed by atoms with Gasteiger partial charge in [-0.1, -0.05) is 6.07 Å². The van der Waals surface area contributed by atoms with E-state index >= 15 is 0 Å². The highest BCUT2D eigenvalue weighted by Gasteiger charge is 2.25. The van der Waals surface area contributed by atoms with Crippen LogP contribution in [-0.4, -0.2) is 21.6 Å². The minimum atomic E-state index is -0.430. The number of nitrogens with two attached hydrogens (primary N) is 1. The first-order valence-electron chi connectivity index (χ1n) is 6.77. The maximum Gasteiger partial charge on any atom is 0.254 e. The number of benzene rings is 1. The summed E-state index contributed by atoms with van der Waals surface area (Å²) in [6.45, 7) is 0. The van der Waals surface area contributed by atoms with Crippen LogP contribution in [0.15, 0.2) is 30.6 Å². The number of hydrogen-bond acceptors (Lipinski definition) is 3. The van der Waals surface area contributed by atoms with Gasteiger partial charge in [0.05, 0.1) is 17.8 Å². The fourth-order valence-electron chi connectivity index (χ4n) is 2.70. The summed E-state index contributed by atoms with van der Waals surface area (Å²) >= 11 is 0. The quantitative estimate of drug-likeness (QED) is 0.878. The van der Waals surface area contributed by atoms with Crippen LogP contribution < -0.4 is 11.1 Å². The molecule has 108 valence electrons. The number of carbonyl (C=O) groups is 2. The Morgan fingerprint density at radius 3 is 2.86 bits per heavy atom. The zero-order valence-electron chi connectivity index (χ0n) is 11.7. The SMILES string of the molecule is Cn1cc(C(=O)N[C@@H]2CCc3cc(C(N)=O)ccc32)cn1. The average Bonchev–Trinajstić information content (AvgIpc) is 3.05. The highest BCUT2D eigenvalue weighted by molar-refractivity contribution is 5.94. The van der Waals surface area contributed by atoms with Crippen molar-refractivity contribution < 1.29 is 9.59 Å². The number of aromatic nitrogens is 2. The molecule has 2 amide bonds. The molecule has 1 heterocycles. The topological polar surface area (TPSA) is 90.0 Å². The molecular weight excluding hydrogens is 268 g/mol. The first-order chi connectivity index (χ1) is 10.0. The van der Waals surface area contributed by atoms with Gasteiger partial charge in [0.15, 0.2) is 0 Å². The molecule has 6 heteroatoms. The molecule has 1 aliphatic rings. The third-order valence-corrected chi connectivity index (χ3v) is 3.78. The highest BCUT2D eigenvalue weighted by atomic mass is 16.2. The normalized spacial score (nSPS) is 16.5. The number of primary amides is 1. The molecule has 0 aliphatic heterocycles. The first-order valence-corrected chi connectivity index (χ1v) is 6.77. The molecule has 0 bridgehead atoms. The minimum Gasteiger partial charge on any atom is -0.366 e. The average molecular weight is 284 g/mol. The van der Waals surface area contributed by atoms with Crippen molar-refractivity contribution in [1.82, 2.24) is 15.1 Å².